The molecule has 0 N–H and O–H groups in total. The molecule has 16 aromatic rings. The van der Waals surface area contributed by atoms with Gasteiger partial charge in [0.05, 0.1) is 44.8 Å². The van der Waals surface area contributed by atoms with Crippen LogP contribution in [-0.2, 0) is 38.5 Å². The van der Waals surface area contributed by atoms with Crippen molar-refractivity contribution in [2.75, 3.05) is 9.80 Å². The molecule has 0 radical (unpaired) electrons. The van der Waals surface area contributed by atoms with Crippen LogP contribution < -0.4 is 9.80 Å². The second-order valence-corrected chi connectivity index (χ2v) is 26.5. The van der Waals surface area contributed by atoms with Gasteiger partial charge in [0, 0.05) is 66.2 Å². The SMILES string of the molecule is CCCc1cc(N(c2ccc3c4ccccc4n(-c4ccccc4-c4ccccc4)c3c2)c2cccc3c2CCCC3)c2ccc3c(CCC)cc(N(c4ccc5c6ccccc6n(-c6ccccc6-c6ccccc6)c5c4)c4cccc5c4CCCC5)c4ccc1c2c34. The quantitative estimate of drug-likeness (QED) is 0.101. The molecular formula is C90H74N4. The molecule has 2 heterocycles. The van der Waals surface area contributed by atoms with Crippen molar-refractivity contribution >= 4 is 110 Å². The Balaban J connectivity index is 0.916. The van der Waals surface area contributed by atoms with E-state index in [0.29, 0.717) is 0 Å². The number of nitrogens with zero attached hydrogens (tertiary/aromatic N) is 4. The molecule has 4 heteroatoms. The van der Waals surface area contributed by atoms with Crippen LogP contribution in [0.5, 0.6) is 0 Å². The first-order valence-electron chi connectivity index (χ1n) is 34.5. The number of aromatic nitrogens is 2. The molecule has 0 atom stereocenters. The van der Waals surface area contributed by atoms with Crippen molar-refractivity contribution in [3.63, 3.8) is 0 Å². The van der Waals surface area contributed by atoms with Crippen molar-refractivity contribution in [2.24, 2.45) is 0 Å². The molecule has 0 fully saturated rings. The number of hydrogen-bond donors (Lipinski definition) is 0. The van der Waals surface area contributed by atoms with Crippen LogP contribution in [0.25, 0.3) is 110 Å². The summed E-state index contributed by atoms with van der Waals surface area (Å²) in [6.45, 7) is 4.71. The zero-order chi connectivity index (χ0) is 62.4. The lowest BCUT2D eigenvalue weighted by atomic mass is 9.85. The summed E-state index contributed by atoms with van der Waals surface area (Å²) in [7, 11) is 0. The van der Waals surface area contributed by atoms with E-state index in [1.54, 1.807) is 0 Å². The smallest absolute Gasteiger partial charge is 0.0562 e. The first kappa shape index (κ1) is 56.1. The van der Waals surface area contributed by atoms with Crippen molar-refractivity contribution < 1.29 is 0 Å². The minimum atomic E-state index is 0.962. The summed E-state index contributed by atoms with van der Waals surface area (Å²) >= 11 is 0. The maximum absolute atomic E-state index is 2.69. The number of benzene rings is 14. The van der Waals surface area contributed by atoms with Crippen LogP contribution in [0.1, 0.15) is 85.8 Å². The van der Waals surface area contributed by atoms with Gasteiger partial charge in [-0.15, -0.1) is 0 Å². The van der Waals surface area contributed by atoms with Crippen LogP contribution in [0.15, 0.2) is 267 Å². The van der Waals surface area contributed by atoms with Gasteiger partial charge in [0.2, 0.25) is 0 Å². The van der Waals surface area contributed by atoms with Gasteiger partial charge < -0.3 is 18.9 Å². The van der Waals surface area contributed by atoms with E-state index in [-0.39, 0.29) is 0 Å². The molecule has 0 aliphatic heterocycles. The van der Waals surface area contributed by atoms with E-state index in [1.165, 1.54) is 191 Å². The molecule has 454 valence electrons. The van der Waals surface area contributed by atoms with E-state index >= 15 is 0 Å². The molecule has 0 bridgehead atoms. The Morgan fingerprint density at radius 3 is 1.14 bits per heavy atom. The summed E-state index contributed by atoms with van der Waals surface area (Å²) in [4.78, 5) is 5.39. The summed E-state index contributed by atoms with van der Waals surface area (Å²) in [5.74, 6) is 0. The highest BCUT2D eigenvalue weighted by Crippen LogP contribution is 2.53. The van der Waals surface area contributed by atoms with Crippen molar-refractivity contribution in [3.8, 4) is 33.6 Å². The Bertz CT molecular complexity index is 5260. The third-order valence-corrected chi connectivity index (χ3v) is 21.1. The summed E-state index contributed by atoms with van der Waals surface area (Å²) in [6.07, 6.45) is 13.1. The van der Waals surface area contributed by atoms with Gasteiger partial charge in [-0.25, -0.2) is 0 Å². The molecule has 2 aromatic heterocycles. The minimum Gasteiger partial charge on any atom is -0.309 e. The van der Waals surface area contributed by atoms with E-state index in [9.17, 15) is 0 Å². The number of para-hydroxylation sites is 4. The molecule has 94 heavy (non-hydrogen) atoms. The van der Waals surface area contributed by atoms with Crippen molar-refractivity contribution in [3.05, 3.63) is 300 Å². The molecule has 0 saturated carbocycles. The molecule has 2 aliphatic rings. The average Bonchev–Trinajstić information content (AvgIpc) is 0.741. The van der Waals surface area contributed by atoms with E-state index in [2.05, 4.69) is 300 Å². The number of hydrogen-bond acceptors (Lipinski definition) is 2. The normalized spacial score (nSPS) is 13.3. The molecule has 0 saturated heterocycles. The van der Waals surface area contributed by atoms with Gasteiger partial charge in [0.25, 0.3) is 0 Å². The number of anilines is 6. The fourth-order valence-corrected chi connectivity index (χ4v) is 17.0. The lowest BCUT2D eigenvalue weighted by Gasteiger charge is -2.34. The van der Waals surface area contributed by atoms with Gasteiger partial charge in [-0.1, -0.05) is 221 Å². The molecule has 0 spiro atoms. The highest BCUT2D eigenvalue weighted by Gasteiger charge is 2.30. The van der Waals surface area contributed by atoms with E-state index in [4.69, 9.17) is 0 Å². The van der Waals surface area contributed by atoms with Crippen LogP contribution in [0, 0.1) is 0 Å². The third kappa shape index (κ3) is 9.01. The predicted molar refractivity (Wildman–Crippen MR) is 400 cm³/mol. The molecule has 14 aromatic carbocycles. The summed E-state index contributed by atoms with van der Waals surface area (Å²) in [5, 5.41) is 13.0. The molecule has 18 rings (SSSR count). The topological polar surface area (TPSA) is 16.3 Å². The standard InChI is InChI=1S/C90H74N4/c1-3-25-63-55-85(91(79-45-23-33-61-31-11-13-35-67(61)79)65-47-49-75-73-39-17-21-43-83(73)93(87(75)57-65)81-41-19-15-37-69(81)59-27-7-5-8-28-59)77-54-52-72-64(26-4-2)56-86(78-53-51-71(63)89(77)90(72)78)92(80-46-24-34-62-32-12-14-36-68(62)80)66-48-50-76-74-40-18-22-44-84(74)94(88(76)58-66)82-42-20-16-38-70(82)60-29-9-6-10-30-60/h5-10,15-24,27-30,33-34,37-58H,3-4,11-14,25-26,31-32,35-36H2,1-2H3. The molecule has 0 amide bonds. The van der Waals surface area contributed by atoms with E-state index in [0.717, 1.165) is 62.7 Å². The first-order chi connectivity index (χ1) is 46.6. The largest absolute Gasteiger partial charge is 0.309 e. The lowest BCUT2D eigenvalue weighted by molar-refractivity contribution is 0.686. The van der Waals surface area contributed by atoms with Gasteiger partial charge in [0.1, 0.15) is 0 Å². The van der Waals surface area contributed by atoms with E-state index in [1.807, 2.05) is 0 Å². The third-order valence-electron chi connectivity index (χ3n) is 21.1. The fourth-order valence-electron chi connectivity index (χ4n) is 17.0. The van der Waals surface area contributed by atoms with Crippen molar-refractivity contribution in [1.82, 2.24) is 9.13 Å². The molecule has 2 aliphatic carbocycles. The van der Waals surface area contributed by atoms with Crippen LogP contribution in [0.4, 0.5) is 34.1 Å². The maximum atomic E-state index is 2.69. The Hall–Kier alpha value is -10.7. The fraction of sp³-hybridized carbons (Fsp3) is 0.156. The Morgan fingerprint density at radius 2 is 0.681 bits per heavy atom. The van der Waals surface area contributed by atoms with Crippen LogP contribution in [0.3, 0.4) is 0 Å². The zero-order valence-corrected chi connectivity index (χ0v) is 53.7. The summed E-state index contributed by atoms with van der Waals surface area (Å²) < 4.78 is 5.07. The average molecular weight is 1210 g/mol. The second-order valence-electron chi connectivity index (χ2n) is 26.5. The minimum absolute atomic E-state index is 0.962. The first-order valence-corrected chi connectivity index (χ1v) is 34.5. The van der Waals surface area contributed by atoms with E-state index < -0.39 is 0 Å². The highest BCUT2D eigenvalue weighted by molar-refractivity contribution is 6.30. The van der Waals surface area contributed by atoms with Gasteiger partial charge in [-0.2, -0.15) is 0 Å². The van der Waals surface area contributed by atoms with Gasteiger partial charge in [-0.05, 0) is 203 Å². The van der Waals surface area contributed by atoms with Crippen molar-refractivity contribution in [2.45, 2.75) is 90.9 Å². The maximum Gasteiger partial charge on any atom is 0.0562 e. The Labute approximate surface area is 550 Å². The monoisotopic (exact) mass is 1210 g/mol. The summed E-state index contributed by atoms with van der Waals surface area (Å²) in [5.41, 5.74) is 28.0. The second kappa shape index (κ2) is 23.2. The lowest BCUT2D eigenvalue weighted by Crippen LogP contribution is -2.17. The summed E-state index contributed by atoms with van der Waals surface area (Å²) in [6, 6.07) is 102. The highest BCUT2D eigenvalue weighted by atomic mass is 15.2. The Morgan fingerprint density at radius 1 is 0.298 bits per heavy atom. The van der Waals surface area contributed by atoms with Gasteiger partial charge in [-0.3, -0.25) is 0 Å². The molecule has 4 nitrogen and oxygen atoms in total. The predicted octanol–water partition coefficient (Wildman–Crippen LogP) is 24.7. The Kier molecular flexibility index (Phi) is 13.8. The van der Waals surface area contributed by atoms with Gasteiger partial charge in [0.15, 0.2) is 0 Å². The van der Waals surface area contributed by atoms with Crippen LogP contribution in [-0.4, -0.2) is 9.13 Å². The van der Waals surface area contributed by atoms with Crippen molar-refractivity contribution in [1.29, 1.82) is 0 Å². The number of rotatable bonds is 14. The van der Waals surface area contributed by atoms with Gasteiger partial charge >= 0.3 is 0 Å². The van der Waals surface area contributed by atoms with Crippen LogP contribution >= 0.6 is 0 Å². The number of fused-ring (bicyclic) bond motifs is 8. The molecular weight excluding hydrogens is 1140 g/mol. The van der Waals surface area contributed by atoms with Crippen LogP contribution in [0.2, 0.25) is 0 Å². The number of aryl methyl sites for hydroxylation is 4. The zero-order valence-electron chi connectivity index (χ0n) is 53.7. The molecule has 0 unspecified atom stereocenters.